The summed E-state index contributed by atoms with van der Waals surface area (Å²) in [6.45, 7) is -2.13. The minimum absolute atomic E-state index is 0.00106. The molecule has 2 amide bonds. The van der Waals surface area contributed by atoms with Crippen LogP contribution >= 0.6 is 34.8 Å². The molecular formula is C23H19Cl3F3N3O9S. The Bertz CT molecular complexity index is 1650. The molecule has 3 aliphatic rings. The Morgan fingerprint density at radius 1 is 1.19 bits per heavy atom. The van der Waals surface area contributed by atoms with E-state index in [0.29, 0.717) is 12.8 Å². The van der Waals surface area contributed by atoms with Gasteiger partial charge in [-0.1, -0.05) is 34.8 Å². The standard InChI is InChI=1S/C23H19Cl3F3N3O9S/c24-23(25,26)8-39-42(37,38)41-20-14(28)4-13(27)11(16(20)29)5-30-21(35)12-6-31-7-15-32(9-1-2-10(3-9)40-15)22(36)17(31)19(34)18(12)33/h4,6,9-10,15,34H,1-3,5,7-8H2,(H,30,35)/t9-,10+,15+/m0/s1. The molecule has 2 bridgehead atoms. The Morgan fingerprint density at radius 2 is 1.90 bits per heavy atom. The number of carbonyl (C=O) groups is 2. The number of aromatic hydroxyl groups is 1. The number of ether oxygens (including phenoxy) is 1. The Labute approximate surface area is 250 Å². The molecule has 42 heavy (non-hydrogen) atoms. The summed E-state index contributed by atoms with van der Waals surface area (Å²) in [5.74, 6) is -9.67. The molecule has 2 fully saturated rings. The molecular weight excluding hydrogens is 658 g/mol. The van der Waals surface area contributed by atoms with E-state index < -0.39 is 90.9 Å². The summed E-state index contributed by atoms with van der Waals surface area (Å²) in [6, 6.07) is -0.0310. The highest BCUT2D eigenvalue weighted by Gasteiger charge is 2.47. The number of nitrogens with zero attached hydrogens (tertiary/aromatic N) is 2. The number of rotatable bonds is 7. The maximum atomic E-state index is 15.0. The molecule has 1 aliphatic carbocycles. The fourth-order valence-electron chi connectivity index (χ4n) is 5.09. The van der Waals surface area contributed by atoms with Crippen molar-refractivity contribution in [2.75, 3.05) is 6.61 Å². The van der Waals surface area contributed by atoms with Crippen LogP contribution < -0.4 is 14.9 Å². The molecule has 228 valence electrons. The van der Waals surface area contributed by atoms with Crippen LogP contribution in [0.1, 0.15) is 45.7 Å². The third-order valence-electron chi connectivity index (χ3n) is 6.90. The summed E-state index contributed by atoms with van der Waals surface area (Å²) in [4.78, 5) is 40.3. The number of fused-ring (bicyclic) bond motifs is 5. The fourth-order valence-corrected chi connectivity index (χ4v) is 6.18. The van der Waals surface area contributed by atoms with Gasteiger partial charge in [0.15, 0.2) is 29.3 Å². The Balaban J connectivity index is 1.37. The van der Waals surface area contributed by atoms with E-state index in [-0.39, 0.29) is 30.5 Å². The van der Waals surface area contributed by atoms with Gasteiger partial charge in [0.05, 0.1) is 12.6 Å². The van der Waals surface area contributed by atoms with Crippen LogP contribution in [0.4, 0.5) is 13.2 Å². The second kappa shape index (κ2) is 11.1. The average molecular weight is 677 g/mol. The Kier molecular flexibility index (Phi) is 8.08. The van der Waals surface area contributed by atoms with E-state index >= 15 is 0 Å². The van der Waals surface area contributed by atoms with Crippen molar-refractivity contribution in [2.45, 2.75) is 54.5 Å². The normalized spacial score (nSPS) is 21.6. The smallest absolute Gasteiger partial charge is 0.449 e. The highest BCUT2D eigenvalue weighted by atomic mass is 35.6. The summed E-state index contributed by atoms with van der Waals surface area (Å²) in [6.07, 6.45) is 2.34. The van der Waals surface area contributed by atoms with Crippen molar-refractivity contribution < 1.29 is 49.4 Å². The van der Waals surface area contributed by atoms with Crippen molar-refractivity contribution >= 4 is 57.0 Å². The highest BCUT2D eigenvalue weighted by Crippen LogP contribution is 2.39. The van der Waals surface area contributed by atoms with Gasteiger partial charge in [0.2, 0.25) is 15.0 Å². The third-order valence-corrected chi connectivity index (χ3v) is 8.01. The largest absolute Gasteiger partial charge is 0.503 e. The lowest BCUT2D eigenvalue weighted by Gasteiger charge is -2.44. The van der Waals surface area contributed by atoms with Gasteiger partial charge in [0.1, 0.15) is 18.0 Å². The monoisotopic (exact) mass is 675 g/mol. The molecule has 0 unspecified atom stereocenters. The lowest BCUT2D eigenvalue weighted by molar-refractivity contribution is -0.132. The number of carbonyl (C=O) groups excluding carboxylic acids is 2. The molecule has 12 nitrogen and oxygen atoms in total. The van der Waals surface area contributed by atoms with Gasteiger partial charge >= 0.3 is 10.4 Å². The van der Waals surface area contributed by atoms with Crippen LogP contribution in [0.5, 0.6) is 11.5 Å². The fraction of sp³-hybridized carbons (Fsp3) is 0.435. The van der Waals surface area contributed by atoms with E-state index in [0.717, 1.165) is 12.6 Å². The number of amides is 2. The minimum Gasteiger partial charge on any atom is -0.503 e. The van der Waals surface area contributed by atoms with Gasteiger partial charge < -0.3 is 28.8 Å². The zero-order valence-electron chi connectivity index (χ0n) is 20.9. The van der Waals surface area contributed by atoms with Gasteiger partial charge in [-0.05, 0) is 19.3 Å². The van der Waals surface area contributed by atoms with Crippen LogP contribution in [0.25, 0.3) is 0 Å². The van der Waals surface area contributed by atoms with Crippen molar-refractivity contribution in [1.29, 1.82) is 0 Å². The van der Waals surface area contributed by atoms with Crippen molar-refractivity contribution in [3.8, 4) is 11.5 Å². The number of nitrogens with one attached hydrogen (secondary N) is 1. The Hall–Kier alpha value is -2.76. The first kappa shape index (κ1) is 30.7. The van der Waals surface area contributed by atoms with E-state index in [1.165, 1.54) is 9.47 Å². The molecule has 2 N–H and O–H groups in total. The van der Waals surface area contributed by atoms with Crippen LogP contribution in [-0.4, -0.2) is 63.6 Å². The first-order valence-corrected chi connectivity index (χ1v) is 14.6. The Morgan fingerprint density at radius 3 is 2.60 bits per heavy atom. The van der Waals surface area contributed by atoms with Crippen LogP contribution in [-0.2, 0) is 32.4 Å². The number of hydrogen-bond donors (Lipinski definition) is 2. The third kappa shape index (κ3) is 5.88. The molecule has 19 heteroatoms. The zero-order chi connectivity index (χ0) is 30.7. The summed E-state index contributed by atoms with van der Waals surface area (Å²) in [5.41, 5.74) is -3.31. The van der Waals surface area contributed by atoms with Gasteiger partial charge in [-0.15, -0.1) is 0 Å². The molecule has 3 heterocycles. The number of aromatic nitrogens is 1. The second-order valence-corrected chi connectivity index (χ2v) is 13.4. The zero-order valence-corrected chi connectivity index (χ0v) is 24.0. The maximum Gasteiger partial charge on any atom is 0.449 e. The van der Waals surface area contributed by atoms with Crippen LogP contribution in [0.15, 0.2) is 17.1 Å². The van der Waals surface area contributed by atoms with Gasteiger partial charge in [-0.25, -0.2) is 17.4 Å². The number of benzene rings is 1. The van der Waals surface area contributed by atoms with E-state index in [1.54, 1.807) is 0 Å². The van der Waals surface area contributed by atoms with Crippen molar-refractivity contribution in [1.82, 2.24) is 14.8 Å². The summed E-state index contributed by atoms with van der Waals surface area (Å²) in [5, 5.41) is 12.6. The molecule has 2 aliphatic heterocycles. The maximum absolute atomic E-state index is 15.0. The molecule has 1 saturated heterocycles. The predicted octanol–water partition coefficient (Wildman–Crippen LogP) is 2.64. The first-order chi connectivity index (χ1) is 19.6. The lowest BCUT2D eigenvalue weighted by Crippen LogP contribution is -2.57. The van der Waals surface area contributed by atoms with Gasteiger partial charge in [-0.3, -0.25) is 14.4 Å². The summed E-state index contributed by atoms with van der Waals surface area (Å²) >= 11 is 16.1. The van der Waals surface area contributed by atoms with E-state index in [1.807, 2.05) is 5.32 Å². The minimum atomic E-state index is -5.21. The molecule has 1 aromatic carbocycles. The lowest BCUT2D eigenvalue weighted by atomic mass is 10.1. The number of alkyl halides is 3. The van der Waals surface area contributed by atoms with Crippen LogP contribution in [0.2, 0.25) is 0 Å². The van der Waals surface area contributed by atoms with Gasteiger partial charge in [0, 0.05) is 30.4 Å². The summed E-state index contributed by atoms with van der Waals surface area (Å²) in [7, 11) is -5.21. The molecule has 3 atom stereocenters. The quantitative estimate of drug-likeness (QED) is 0.422. The highest BCUT2D eigenvalue weighted by molar-refractivity contribution is 7.82. The van der Waals surface area contributed by atoms with Crippen LogP contribution in [0, 0.1) is 17.5 Å². The van der Waals surface area contributed by atoms with E-state index in [4.69, 9.17) is 39.5 Å². The molecule has 5 rings (SSSR count). The molecule has 0 spiro atoms. The molecule has 1 aromatic heterocycles. The SMILES string of the molecule is O=C(NCc1c(F)cc(F)c(OS(=O)(=O)OCC(Cl)(Cl)Cl)c1F)c1cn2c(c(O)c1=O)C(=O)N1[C@H]3CC[C@H](C3)O[C@@H]1C2. The first-order valence-electron chi connectivity index (χ1n) is 12.1. The topological polar surface area (TPSA) is 153 Å². The van der Waals surface area contributed by atoms with Crippen molar-refractivity contribution in [2.24, 2.45) is 0 Å². The van der Waals surface area contributed by atoms with E-state index in [2.05, 4.69) is 8.37 Å². The van der Waals surface area contributed by atoms with Crippen LogP contribution in [0.3, 0.4) is 0 Å². The average Bonchev–Trinajstić information content (AvgIpc) is 3.27. The predicted molar refractivity (Wildman–Crippen MR) is 138 cm³/mol. The van der Waals surface area contributed by atoms with Crippen molar-refractivity contribution in [3.63, 3.8) is 0 Å². The van der Waals surface area contributed by atoms with Gasteiger partial charge in [-0.2, -0.15) is 8.42 Å². The second-order valence-electron chi connectivity index (χ2n) is 9.63. The number of hydrogen-bond acceptors (Lipinski definition) is 9. The van der Waals surface area contributed by atoms with Crippen molar-refractivity contribution in [3.05, 3.63) is 56.8 Å². The molecule has 1 saturated carbocycles. The molecule has 2 aromatic rings. The molecule has 0 radical (unpaired) electrons. The van der Waals surface area contributed by atoms with E-state index in [9.17, 15) is 41.1 Å². The number of pyridine rings is 1. The number of halogens is 6. The summed E-state index contributed by atoms with van der Waals surface area (Å²) < 4.78 is 80.8. The van der Waals surface area contributed by atoms with Gasteiger partial charge in [0.25, 0.3) is 11.8 Å².